The van der Waals surface area contributed by atoms with E-state index in [4.69, 9.17) is 9.84 Å². The highest BCUT2D eigenvalue weighted by atomic mass is 16.5. The molecule has 0 saturated heterocycles. The third-order valence-electron chi connectivity index (χ3n) is 3.00. The quantitative estimate of drug-likeness (QED) is 0.890. The van der Waals surface area contributed by atoms with Gasteiger partial charge < -0.3 is 9.84 Å². The maximum atomic E-state index is 8.96. The van der Waals surface area contributed by atoms with E-state index in [0.717, 1.165) is 11.3 Å². The summed E-state index contributed by atoms with van der Waals surface area (Å²) in [4.78, 5) is 0. The first kappa shape index (κ1) is 12.7. The van der Waals surface area contributed by atoms with Crippen molar-refractivity contribution >= 4 is 0 Å². The lowest BCUT2D eigenvalue weighted by Gasteiger charge is -2.10. The third kappa shape index (κ3) is 3.11. The van der Waals surface area contributed by atoms with Crippen LogP contribution in [0.15, 0.2) is 42.5 Å². The zero-order valence-corrected chi connectivity index (χ0v) is 10.8. The fraction of sp³-hybridized carbons (Fsp3) is 0.250. The van der Waals surface area contributed by atoms with Gasteiger partial charge in [-0.1, -0.05) is 35.9 Å². The molecule has 0 radical (unpaired) electrons. The van der Waals surface area contributed by atoms with Crippen LogP contribution < -0.4 is 4.74 Å². The van der Waals surface area contributed by atoms with Crippen LogP contribution in [0, 0.1) is 13.8 Å². The summed E-state index contributed by atoms with van der Waals surface area (Å²) >= 11 is 0. The Morgan fingerprint density at radius 1 is 1.00 bits per heavy atom. The number of ether oxygens (including phenoxy) is 1. The Bertz CT molecular complexity index is 515. The fourth-order valence-electron chi connectivity index (χ4n) is 1.81. The van der Waals surface area contributed by atoms with Gasteiger partial charge in [-0.25, -0.2) is 0 Å². The third-order valence-corrected chi connectivity index (χ3v) is 3.00. The molecule has 0 amide bonds. The van der Waals surface area contributed by atoms with Gasteiger partial charge in [0.1, 0.15) is 12.4 Å². The van der Waals surface area contributed by atoms with Crippen LogP contribution in [0.4, 0.5) is 0 Å². The molecule has 0 aromatic heterocycles. The van der Waals surface area contributed by atoms with Gasteiger partial charge in [-0.05, 0) is 42.7 Å². The summed E-state index contributed by atoms with van der Waals surface area (Å²) in [6, 6.07) is 13.9. The number of aliphatic hydroxyl groups is 1. The van der Waals surface area contributed by atoms with Crippen molar-refractivity contribution < 1.29 is 9.84 Å². The van der Waals surface area contributed by atoms with Crippen molar-refractivity contribution in [2.75, 3.05) is 0 Å². The second-order valence-corrected chi connectivity index (χ2v) is 4.52. The van der Waals surface area contributed by atoms with Gasteiger partial charge in [0.2, 0.25) is 0 Å². The van der Waals surface area contributed by atoms with E-state index in [1.165, 1.54) is 16.7 Å². The van der Waals surface area contributed by atoms with Crippen molar-refractivity contribution in [1.82, 2.24) is 0 Å². The van der Waals surface area contributed by atoms with Crippen LogP contribution in [-0.2, 0) is 13.2 Å². The molecular weight excluding hydrogens is 224 g/mol. The summed E-state index contributed by atoms with van der Waals surface area (Å²) in [5, 5.41) is 8.96. The molecule has 0 saturated carbocycles. The Labute approximate surface area is 108 Å². The molecule has 0 heterocycles. The number of benzene rings is 2. The SMILES string of the molecule is Cc1ccc(C)c(COc2ccc(CO)cc2)c1. The van der Waals surface area contributed by atoms with E-state index in [-0.39, 0.29) is 6.61 Å². The van der Waals surface area contributed by atoms with Crippen LogP contribution in [-0.4, -0.2) is 5.11 Å². The summed E-state index contributed by atoms with van der Waals surface area (Å²) in [6.45, 7) is 4.81. The van der Waals surface area contributed by atoms with E-state index in [1.54, 1.807) is 0 Å². The molecule has 2 aromatic rings. The summed E-state index contributed by atoms with van der Waals surface area (Å²) < 4.78 is 5.75. The van der Waals surface area contributed by atoms with Crippen LogP contribution >= 0.6 is 0 Å². The second-order valence-electron chi connectivity index (χ2n) is 4.52. The Morgan fingerprint density at radius 3 is 2.39 bits per heavy atom. The van der Waals surface area contributed by atoms with Gasteiger partial charge in [-0.15, -0.1) is 0 Å². The monoisotopic (exact) mass is 242 g/mol. The van der Waals surface area contributed by atoms with Crippen molar-refractivity contribution in [2.45, 2.75) is 27.1 Å². The predicted molar refractivity (Wildman–Crippen MR) is 72.6 cm³/mol. The molecule has 0 bridgehead atoms. The minimum absolute atomic E-state index is 0.0667. The van der Waals surface area contributed by atoms with Gasteiger partial charge in [0.15, 0.2) is 0 Å². The van der Waals surface area contributed by atoms with Crippen LogP contribution in [0.25, 0.3) is 0 Å². The van der Waals surface area contributed by atoms with Crippen LogP contribution in [0.2, 0.25) is 0 Å². The largest absolute Gasteiger partial charge is 0.489 e. The fourth-order valence-corrected chi connectivity index (χ4v) is 1.81. The lowest BCUT2D eigenvalue weighted by atomic mass is 10.1. The normalized spacial score (nSPS) is 10.4. The van der Waals surface area contributed by atoms with Crippen molar-refractivity contribution in [2.24, 2.45) is 0 Å². The number of aryl methyl sites for hydroxylation is 2. The molecule has 0 atom stereocenters. The molecule has 18 heavy (non-hydrogen) atoms. The van der Waals surface area contributed by atoms with Gasteiger partial charge >= 0.3 is 0 Å². The molecule has 0 spiro atoms. The van der Waals surface area contributed by atoms with Crippen molar-refractivity contribution in [3.63, 3.8) is 0 Å². The summed E-state index contributed by atoms with van der Waals surface area (Å²) in [5.74, 6) is 0.827. The highest BCUT2D eigenvalue weighted by Crippen LogP contribution is 2.16. The Hall–Kier alpha value is -1.80. The highest BCUT2D eigenvalue weighted by molar-refractivity contribution is 5.31. The standard InChI is InChI=1S/C16H18O2/c1-12-3-4-13(2)15(9-12)11-18-16-7-5-14(10-17)6-8-16/h3-9,17H,10-11H2,1-2H3. The van der Waals surface area contributed by atoms with Crippen molar-refractivity contribution in [3.8, 4) is 5.75 Å². The molecule has 0 aliphatic carbocycles. The number of rotatable bonds is 4. The second kappa shape index (κ2) is 5.69. The van der Waals surface area contributed by atoms with Gasteiger partial charge in [-0.3, -0.25) is 0 Å². The molecule has 0 fully saturated rings. The number of hydrogen-bond acceptors (Lipinski definition) is 2. The Morgan fingerprint density at radius 2 is 1.72 bits per heavy atom. The van der Waals surface area contributed by atoms with Crippen LogP contribution in [0.5, 0.6) is 5.75 Å². The lowest BCUT2D eigenvalue weighted by molar-refractivity contribution is 0.280. The Kier molecular flexibility index (Phi) is 4.00. The first-order chi connectivity index (χ1) is 8.69. The van der Waals surface area contributed by atoms with Gasteiger partial charge in [0, 0.05) is 0 Å². The molecule has 1 N–H and O–H groups in total. The zero-order valence-electron chi connectivity index (χ0n) is 10.8. The van der Waals surface area contributed by atoms with E-state index in [2.05, 4.69) is 32.0 Å². The molecule has 0 aliphatic heterocycles. The van der Waals surface area contributed by atoms with Crippen LogP contribution in [0.3, 0.4) is 0 Å². The van der Waals surface area contributed by atoms with E-state index in [9.17, 15) is 0 Å². The van der Waals surface area contributed by atoms with Crippen molar-refractivity contribution in [3.05, 3.63) is 64.7 Å². The topological polar surface area (TPSA) is 29.5 Å². The minimum Gasteiger partial charge on any atom is -0.489 e. The summed E-state index contributed by atoms with van der Waals surface area (Å²) in [7, 11) is 0. The molecule has 0 aliphatic rings. The average molecular weight is 242 g/mol. The highest BCUT2D eigenvalue weighted by Gasteiger charge is 2.00. The lowest BCUT2D eigenvalue weighted by Crippen LogP contribution is -1.98. The summed E-state index contributed by atoms with van der Waals surface area (Å²) in [5.41, 5.74) is 4.60. The average Bonchev–Trinajstić information content (AvgIpc) is 2.40. The predicted octanol–water partition coefficient (Wildman–Crippen LogP) is 3.37. The van der Waals surface area contributed by atoms with E-state index in [1.807, 2.05) is 24.3 Å². The molecule has 94 valence electrons. The Balaban J connectivity index is 2.04. The first-order valence-corrected chi connectivity index (χ1v) is 6.08. The molecule has 0 unspecified atom stereocenters. The summed E-state index contributed by atoms with van der Waals surface area (Å²) in [6.07, 6.45) is 0. The maximum absolute atomic E-state index is 8.96. The van der Waals surface area contributed by atoms with Gasteiger partial charge in [0.25, 0.3) is 0 Å². The minimum atomic E-state index is 0.0667. The molecule has 2 heteroatoms. The van der Waals surface area contributed by atoms with Gasteiger partial charge in [-0.2, -0.15) is 0 Å². The first-order valence-electron chi connectivity index (χ1n) is 6.08. The van der Waals surface area contributed by atoms with E-state index in [0.29, 0.717) is 6.61 Å². The molecule has 2 rings (SSSR count). The van der Waals surface area contributed by atoms with E-state index < -0.39 is 0 Å². The smallest absolute Gasteiger partial charge is 0.119 e. The number of aliphatic hydroxyl groups excluding tert-OH is 1. The van der Waals surface area contributed by atoms with E-state index >= 15 is 0 Å². The maximum Gasteiger partial charge on any atom is 0.119 e. The van der Waals surface area contributed by atoms with Crippen molar-refractivity contribution in [1.29, 1.82) is 0 Å². The van der Waals surface area contributed by atoms with Gasteiger partial charge in [0.05, 0.1) is 6.61 Å². The number of hydrogen-bond donors (Lipinski definition) is 1. The van der Waals surface area contributed by atoms with Crippen LogP contribution in [0.1, 0.15) is 22.3 Å². The molecule has 2 nitrogen and oxygen atoms in total. The zero-order chi connectivity index (χ0) is 13.0. The molecule has 2 aromatic carbocycles. The molecular formula is C16H18O2.